The van der Waals surface area contributed by atoms with Gasteiger partial charge in [0.25, 0.3) is 0 Å². The van der Waals surface area contributed by atoms with Gasteiger partial charge in [0, 0.05) is 12.6 Å². The summed E-state index contributed by atoms with van der Waals surface area (Å²) < 4.78 is 5.09. The highest BCUT2D eigenvalue weighted by Crippen LogP contribution is 2.22. The number of amides is 1. The predicted molar refractivity (Wildman–Crippen MR) is 63.5 cm³/mol. The van der Waals surface area contributed by atoms with Gasteiger partial charge in [-0.15, -0.1) is 0 Å². The zero-order valence-electron chi connectivity index (χ0n) is 9.99. The summed E-state index contributed by atoms with van der Waals surface area (Å²) in [6.45, 7) is 4.20. The van der Waals surface area contributed by atoms with Crippen LogP contribution in [0.15, 0.2) is 18.5 Å². The van der Waals surface area contributed by atoms with Crippen molar-refractivity contribution in [1.29, 1.82) is 0 Å². The number of ether oxygens (including phenoxy) is 1. The van der Waals surface area contributed by atoms with Crippen molar-refractivity contribution in [1.82, 2.24) is 4.98 Å². The average Bonchev–Trinajstić information content (AvgIpc) is 2.27. The number of rotatable bonds is 5. The van der Waals surface area contributed by atoms with Gasteiger partial charge in [-0.2, -0.15) is 0 Å². The first-order valence-corrected chi connectivity index (χ1v) is 5.41. The average molecular weight is 222 g/mol. The molecule has 0 saturated heterocycles. The quantitative estimate of drug-likeness (QED) is 0.832. The van der Waals surface area contributed by atoms with Gasteiger partial charge in [0.05, 0.1) is 19.0 Å². The Hall–Kier alpha value is -1.58. The van der Waals surface area contributed by atoms with Gasteiger partial charge in [-0.25, -0.2) is 0 Å². The van der Waals surface area contributed by atoms with E-state index in [4.69, 9.17) is 4.74 Å². The molecule has 0 bridgehead atoms. The Balaban J connectivity index is 2.55. The number of carbonyl (C=O) groups excluding carboxylic acids is 1. The molecule has 4 heteroatoms. The number of methoxy groups -OCH3 is 1. The van der Waals surface area contributed by atoms with Gasteiger partial charge in [-0.3, -0.25) is 9.78 Å². The number of aromatic nitrogens is 1. The van der Waals surface area contributed by atoms with Gasteiger partial charge >= 0.3 is 0 Å². The van der Waals surface area contributed by atoms with E-state index < -0.39 is 0 Å². The van der Waals surface area contributed by atoms with Crippen LogP contribution in [0.1, 0.15) is 26.7 Å². The van der Waals surface area contributed by atoms with E-state index in [0.29, 0.717) is 23.8 Å². The molecule has 4 nitrogen and oxygen atoms in total. The fraction of sp³-hybridized carbons (Fsp3) is 0.500. The molecule has 1 rings (SSSR count). The normalized spacial score (nSPS) is 10.2. The van der Waals surface area contributed by atoms with E-state index in [9.17, 15) is 4.79 Å². The minimum Gasteiger partial charge on any atom is -0.493 e. The maximum Gasteiger partial charge on any atom is 0.224 e. The van der Waals surface area contributed by atoms with Crippen molar-refractivity contribution < 1.29 is 9.53 Å². The number of anilines is 1. The van der Waals surface area contributed by atoms with E-state index in [1.165, 1.54) is 0 Å². The molecule has 0 unspecified atom stereocenters. The van der Waals surface area contributed by atoms with Crippen molar-refractivity contribution in [3.63, 3.8) is 0 Å². The molecular weight excluding hydrogens is 204 g/mol. The Morgan fingerprint density at radius 2 is 2.31 bits per heavy atom. The summed E-state index contributed by atoms with van der Waals surface area (Å²) in [5, 5.41) is 2.81. The Morgan fingerprint density at radius 1 is 1.56 bits per heavy atom. The summed E-state index contributed by atoms with van der Waals surface area (Å²) in [6, 6.07) is 1.73. The van der Waals surface area contributed by atoms with E-state index >= 15 is 0 Å². The van der Waals surface area contributed by atoms with Crippen LogP contribution in [0.3, 0.4) is 0 Å². The third-order valence-corrected chi connectivity index (χ3v) is 2.23. The van der Waals surface area contributed by atoms with E-state index in [2.05, 4.69) is 24.1 Å². The molecule has 16 heavy (non-hydrogen) atoms. The monoisotopic (exact) mass is 222 g/mol. The summed E-state index contributed by atoms with van der Waals surface area (Å²) in [5.74, 6) is 1.13. The Labute approximate surface area is 96.0 Å². The van der Waals surface area contributed by atoms with Crippen molar-refractivity contribution in [3.8, 4) is 5.75 Å². The summed E-state index contributed by atoms with van der Waals surface area (Å²) >= 11 is 0. The SMILES string of the molecule is COc1cnccc1NC(=O)CCC(C)C. The van der Waals surface area contributed by atoms with Gasteiger partial charge in [0.1, 0.15) is 0 Å². The number of hydrogen-bond donors (Lipinski definition) is 1. The number of carbonyl (C=O) groups is 1. The summed E-state index contributed by atoms with van der Waals surface area (Å²) in [4.78, 5) is 15.5. The number of nitrogens with one attached hydrogen (secondary N) is 1. The Morgan fingerprint density at radius 3 is 2.94 bits per heavy atom. The van der Waals surface area contributed by atoms with Crippen molar-refractivity contribution >= 4 is 11.6 Å². The maximum atomic E-state index is 11.6. The molecule has 0 fully saturated rings. The van der Waals surface area contributed by atoms with Crippen LogP contribution in [0.2, 0.25) is 0 Å². The van der Waals surface area contributed by atoms with Crippen LogP contribution in [-0.2, 0) is 4.79 Å². The molecule has 0 radical (unpaired) electrons. The second kappa shape index (κ2) is 6.10. The first-order chi connectivity index (χ1) is 7.63. The largest absolute Gasteiger partial charge is 0.493 e. The lowest BCUT2D eigenvalue weighted by Gasteiger charge is -2.09. The van der Waals surface area contributed by atoms with Crippen molar-refractivity contribution in [2.24, 2.45) is 5.92 Å². The minimum absolute atomic E-state index is 0.0122. The summed E-state index contributed by atoms with van der Waals surface area (Å²) in [7, 11) is 1.56. The third-order valence-electron chi connectivity index (χ3n) is 2.23. The first-order valence-electron chi connectivity index (χ1n) is 5.41. The van der Waals surface area contributed by atoms with Crippen molar-refractivity contribution in [2.45, 2.75) is 26.7 Å². The lowest BCUT2D eigenvalue weighted by molar-refractivity contribution is -0.116. The molecule has 0 saturated carbocycles. The van der Waals surface area contributed by atoms with Crippen molar-refractivity contribution in [3.05, 3.63) is 18.5 Å². The molecule has 1 aromatic rings. The van der Waals surface area contributed by atoms with Gasteiger partial charge < -0.3 is 10.1 Å². The number of nitrogens with zero attached hydrogens (tertiary/aromatic N) is 1. The smallest absolute Gasteiger partial charge is 0.224 e. The molecular formula is C12H18N2O2. The zero-order valence-corrected chi connectivity index (χ0v) is 9.99. The second-order valence-electron chi connectivity index (χ2n) is 4.06. The number of hydrogen-bond acceptors (Lipinski definition) is 3. The molecule has 0 aliphatic rings. The molecule has 1 N–H and O–H groups in total. The second-order valence-corrected chi connectivity index (χ2v) is 4.06. The molecule has 1 amide bonds. The van der Waals surface area contributed by atoms with Crippen LogP contribution in [0.25, 0.3) is 0 Å². The molecule has 0 atom stereocenters. The fourth-order valence-electron chi connectivity index (χ4n) is 1.28. The minimum atomic E-state index is 0.0122. The highest BCUT2D eigenvalue weighted by Gasteiger charge is 2.07. The molecule has 0 aromatic carbocycles. The standard InChI is InChI=1S/C12H18N2O2/c1-9(2)4-5-12(15)14-10-6-7-13-8-11(10)16-3/h6-9H,4-5H2,1-3H3,(H,13,14,15). The van der Waals surface area contributed by atoms with Crippen LogP contribution in [0.5, 0.6) is 5.75 Å². The summed E-state index contributed by atoms with van der Waals surface area (Å²) in [5.41, 5.74) is 0.672. The number of pyridine rings is 1. The third kappa shape index (κ3) is 3.88. The maximum absolute atomic E-state index is 11.6. The Bertz CT molecular complexity index is 351. The van der Waals surface area contributed by atoms with Crippen molar-refractivity contribution in [2.75, 3.05) is 12.4 Å². The van der Waals surface area contributed by atoms with Crippen LogP contribution in [0, 0.1) is 5.92 Å². The van der Waals surface area contributed by atoms with Crippen LogP contribution < -0.4 is 10.1 Å². The van der Waals surface area contributed by atoms with Crippen LogP contribution in [-0.4, -0.2) is 18.0 Å². The van der Waals surface area contributed by atoms with E-state index in [-0.39, 0.29) is 5.91 Å². The van der Waals surface area contributed by atoms with E-state index in [1.54, 1.807) is 25.6 Å². The predicted octanol–water partition coefficient (Wildman–Crippen LogP) is 2.46. The highest BCUT2D eigenvalue weighted by molar-refractivity contribution is 5.92. The van der Waals surface area contributed by atoms with Gasteiger partial charge in [0.15, 0.2) is 5.75 Å². The van der Waals surface area contributed by atoms with E-state index in [0.717, 1.165) is 6.42 Å². The van der Waals surface area contributed by atoms with E-state index in [1.807, 2.05) is 0 Å². The molecule has 0 aliphatic heterocycles. The van der Waals surface area contributed by atoms with Gasteiger partial charge in [-0.1, -0.05) is 13.8 Å². The van der Waals surface area contributed by atoms with Crippen LogP contribution in [0.4, 0.5) is 5.69 Å². The molecule has 0 aliphatic carbocycles. The molecule has 88 valence electrons. The van der Waals surface area contributed by atoms with Gasteiger partial charge in [-0.05, 0) is 18.4 Å². The zero-order chi connectivity index (χ0) is 12.0. The Kier molecular flexibility index (Phi) is 4.76. The molecule has 1 heterocycles. The highest BCUT2D eigenvalue weighted by atomic mass is 16.5. The molecule has 1 aromatic heterocycles. The molecule has 0 spiro atoms. The fourth-order valence-corrected chi connectivity index (χ4v) is 1.28. The topological polar surface area (TPSA) is 51.2 Å². The van der Waals surface area contributed by atoms with Gasteiger partial charge in [0.2, 0.25) is 5.91 Å². The summed E-state index contributed by atoms with van der Waals surface area (Å²) in [6.07, 6.45) is 4.63. The lowest BCUT2D eigenvalue weighted by atomic mass is 10.1. The van der Waals surface area contributed by atoms with Crippen LogP contribution >= 0.6 is 0 Å². The lowest BCUT2D eigenvalue weighted by Crippen LogP contribution is -2.12. The first kappa shape index (κ1) is 12.5.